The third-order valence-corrected chi connectivity index (χ3v) is 2.63. The van der Waals surface area contributed by atoms with Gasteiger partial charge in [0.05, 0.1) is 5.71 Å². The standard InChI is InChI=1S/C12H13N3O3/c1-7-6-10(16)14-15-11(7)8-2-4-9(5-3-8)18-12(13)17/h2-5,7H,6H2,1H3,(H2,13,17)(H,14,16)/t7-/m1/s1. The number of ether oxygens (including phenoxy) is 1. The Hall–Kier alpha value is -2.37. The van der Waals surface area contributed by atoms with E-state index in [2.05, 4.69) is 10.5 Å². The molecule has 2 amide bonds. The number of hydrogen-bond donors (Lipinski definition) is 2. The molecule has 1 aromatic carbocycles. The molecule has 0 aliphatic carbocycles. The van der Waals surface area contributed by atoms with Crippen LogP contribution in [0.4, 0.5) is 4.79 Å². The highest BCUT2D eigenvalue weighted by Crippen LogP contribution is 2.19. The maximum absolute atomic E-state index is 11.1. The van der Waals surface area contributed by atoms with E-state index in [4.69, 9.17) is 10.5 Å². The van der Waals surface area contributed by atoms with Gasteiger partial charge in [-0.3, -0.25) is 4.79 Å². The molecule has 1 atom stereocenters. The summed E-state index contributed by atoms with van der Waals surface area (Å²) in [5.74, 6) is 0.348. The molecule has 0 bridgehead atoms. The zero-order valence-electron chi connectivity index (χ0n) is 9.84. The number of nitrogens with two attached hydrogens (primary N) is 1. The summed E-state index contributed by atoms with van der Waals surface area (Å²) in [6, 6.07) is 6.80. The molecule has 3 N–H and O–H groups in total. The van der Waals surface area contributed by atoms with Gasteiger partial charge in [0.2, 0.25) is 5.91 Å². The Morgan fingerprint density at radius 3 is 2.67 bits per heavy atom. The fourth-order valence-corrected chi connectivity index (χ4v) is 1.81. The van der Waals surface area contributed by atoms with Crippen LogP contribution in [0.5, 0.6) is 5.75 Å². The van der Waals surface area contributed by atoms with E-state index in [1.54, 1.807) is 24.3 Å². The lowest BCUT2D eigenvalue weighted by Crippen LogP contribution is -2.31. The summed E-state index contributed by atoms with van der Waals surface area (Å²) in [7, 11) is 0. The molecule has 0 saturated carbocycles. The van der Waals surface area contributed by atoms with E-state index in [1.165, 1.54) is 0 Å². The quantitative estimate of drug-likeness (QED) is 0.816. The lowest BCUT2D eigenvalue weighted by molar-refractivity contribution is -0.121. The van der Waals surface area contributed by atoms with Gasteiger partial charge in [-0.05, 0) is 29.8 Å². The Bertz CT molecular complexity index is 508. The fraction of sp³-hybridized carbons (Fsp3) is 0.250. The number of carbonyl (C=O) groups is 2. The molecule has 1 aliphatic heterocycles. The van der Waals surface area contributed by atoms with E-state index in [-0.39, 0.29) is 11.8 Å². The number of carbonyl (C=O) groups excluding carboxylic acids is 2. The third kappa shape index (κ3) is 2.65. The minimum absolute atomic E-state index is 0.0571. The molecule has 94 valence electrons. The Morgan fingerprint density at radius 1 is 1.44 bits per heavy atom. The Morgan fingerprint density at radius 2 is 2.11 bits per heavy atom. The molecule has 0 radical (unpaired) electrons. The van der Waals surface area contributed by atoms with E-state index in [9.17, 15) is 9.59 Å². The van der Waals surface area contributed by atoms with Gasteiger partial charge in [-0.25, -0.2) is 10.2 Å². The largest absolute Gasteiger partial charge is 0.411 e. The van der Waals surface area contributed by atoms with Crippen molar-refractivity contribution in [3.05, 3.63) is 29.8 Å². The second kappa shape index (κ2) is 4.87. The summed E-state index contributed by atoms with van der Waals surface area (Å²) in [5.41, 5.74) is 9.04. The van der Waals surface area contributed by atoms with Crippen molar-refractivity contribution in [2.45, 2.75) is 13.3 Å². The van der Waals surface area contributed by atoms with Crippen LogP contribution in [0.1, 0.15) is 18.9 Å². The number of hydrogen-bond acceptors (Lipinski definition) is 4. The summed E-state index contributed by atoms with van der Waals surface area (Å²) in [5, 5.41) is 4.04. The predicted octanol–water partition coefficient (Wildman–Crippen LogP) is 1.00. The fourth-order valence-electron chi connectivity index (χ4n) is 1.81. The maximum Gasteiger partial charge on any atom is 0.409 e. The normalized spacial score (nSPS) is 18.8. The van der Waals surface area contributed by atoms with Gasteiger partial charge in [0, 0.05) is 12.3 Å². The zero-order valence-corrected chi connectivity index (χ0v) is 9.84. The molecule has 0 aromatic heterocycles. The lowest BCUT2D eigenvalue weighted by atomic mass is 9.94. The van der Waals surface area contributed by atoms with Crippen LogP contribution < -0.4 is 15.9 Å². The average molecular weight is 247 g/mol. The van der Waals surface area contributed by atoms with Crippen molar-refractivity contribution in [3.8, 4) is 5.75 Å². The first kappa shape index (κ1) is 12.1. The van der Waals surface area contributed by atoms with E-state index in [1.807, 2.05) is 6.92 Å². The van der Waals surface area contributed by atoms with Crippen LogP contribution in [0, 0.1) is 5.92 Å². The van der Waals surface area contributed by atoms with Crippen molar-refractivity contribution >= 4 is 17.7 Å². The monoisotopic (exact) mass is 247 g/mol. The summed E-state index contributed by atoms with van der Waals surface area (Å²) in [4.78, 5) is 21.7. The van der Waals surface area contributed by atoms with E-state index < -0.39 is 6.09 Å². The van der Waals surface area contributed by atoms with Gasteiger partial charge in [0.1, 0.15) is 5.75 Å². The third-order valence-electron chi connectivity index (χ3n) is 2.63. The number of amides is 2. The van der Waals surface area contributed by atoms with Gasteiger partial charge in [-0.2, -0.15) is 5.10 Å². The number of primary amides is 1. The van der Waals surface area contributed by atoms with E-state index in [0.717, 1.165) is 11.3 Å². The second-order valence-corrected chi connectivity index (χ2v) is 4.08. The van der Waals surface area contributed by atoms with Crippen molar-refractivity contribution in [2.24, 2.45) is 16.8 Å². The number of benzene rings is 1. The smallest absolute Gasteiger partial charge is 0.409 e. The minimum atomic E-state index is -0.849. The van der Waals surface area contributed by atoms with Crippen LogP contribution >= 0.6 is 0 Å². The molecule has 18 heavy (non-hydrogen) atoms. The van der Waals surface area contributed by atoms with Gasteiger partial charge < -0.3 is 10.5 Å². The molecular weight excluding hydrogens is 234 g/mol. The predicted molar refractivity (Wildman–Crippen MR) is 65.1 cm³/mol. The molecule has 0 spiro atoms. The van der Waals surface area contributed by atoms with Crippen molar-refractivity contribution in [1.82, 2.24) is 5.43 Å². The molecule has 6 heteroatoms. The first-order chi connectivity index (χ1) is 8.56. The topological polar surface area (TPSA) is 93.8 Å². The zero-order chi connectivity index (χ0) is 13.1. The Balaban J connectivity index is 2.19. The molecule has 6 nitrogen and oxygen atoms in total. The minimum Gasteiger partial charge on any atom is -0.411 e. The van der Waals surface area contributed by atoms with Crippen molar-refractivity contribution in [1.29, 1.82) is 0 Å². The van der Waals surface area contributed by atoms with Gasteiger partial charge in [0.25, 0.3) is 0 Å². The average Bonchev–Trinajstić information content (AvgIpc) is 2.30. The number of nitrogens with one attached hydrogen (secondary N) is 1. The first-order valence-electron chi connectivity index (χ1n) is 5.50. The highest BCUT2D eigenvalue weighted by atomic mass is 16.5. The number of hydrazone groups is 1. The Labute approximate surface area is 104 Å². The van der Waals surface area contributed by atoms with E-state index in [0.29, 0.717) is 12.2 Å². The summed E-state index contributed by atoms with van der Waals surface area (Å²) in [6.07, 6.45) is -0.434. The summed E-state index contributed by atoms with van der Waals surface area (Å²) >= 11 is 0. The van der Waals surface area contributed by atoms with Gasteiger partial charge in [0.15, 0.2) is 0 Å². The molecule has 1 aliphatic rings. The molecule has 1 aromatic rings. The number of rotatable bonds is 2. The molecule has 1 heterocycles. The molecule has 2 rings (SSSR count). The highest BCUT2D eigenvalue weighted by Gasteiger charge is 2.21. The Kier molecular flexibility index (Phi) is 3.27. The first-order valence-corrected chi connectivity index (χ1v) is 5.50. The lowest BCUT2D eigenvalue weighted by Gasteiger charge is -2.19. The SMILES string of the molecule is C[C@@H]1CC(=O)NN=C1c1ccc(OC(N)=O)cc1. The second-order valence-electron chi connectivity index (χ2n) is 4.08. The van der Waals surface area contributed by atoms with Crippen molar-refractivity contribution in [3.63, 3.8) is 0 Å². The van der Waals surface area contributed by atoms with Crippen LogP contribution in [-0.4, -0.2) is 17.7 Å². The summed E-state index contributed by atoms with van der Waals surface area (Å²) in [6.45, 7) is 1.94. The van der Waals surface area contributed by atoms with Crippen molar-refractivity contribution in [2.75, 3.05) is 0 Å². The van der Waals surface area contributed by atoms with Crippen LogP contribution in [0.3, 0.4) is 0 Å². The van der Waals surface area contributed by atoms with Gasteiger partial charge in [-0.1, -0.05) is 6.92 Å². The van der Waals surface area contributed by atoms with Crippen LogP contribution in [-0.2, 0) is 4.79 Å². The molecule has 0 fully saturated rings. The van der Waals surface area contributed by atoms with Gasteiger partial charge >= 0.3 is 6.09 Å². The number of nitrogens with zero attached hydrogens (tertiary/aromatic N) is 1. The van der Waals surface area contributed by atoms with Crippen molar-refractivity contribution < 1.29 is 14.3 Å². The van der Waals surface area contributed by atoms with E-state index >= 15 is 0 Å². The summed E-state index contributed by atoms with van der Waals surface area (Å²) < 4.78 is 4.73. The molecular formula is C12H13N3O3. The molecule has 0 unspecified atom stereocenters. The maximum atomic E-state index is 11.1. The van der Waals surface area contributed by atoms with Gasteiger partial charge in [-0.15, -0.1) is 0 Å². The molecule has 0 saturated heterocycles. The van der Waals surface area contributed by atoms with Crippen LogP contribution in [0.25, 0.3) is 0 Å². The van der Waals surface area contributed by atoms with Crippen LogP contribution in [0.15, 0.2) is 29.4 Å². The highest BCUT2D eigenvalue weighted by molar-refractivity contribution is 6.05. The van der Waals surface area contributed by atoms with Crippen LogP contribution in [0.2, 0.25) is 0 Å².